The molecule has 7 N–H and O–H groups in total. The Bertz CT molecular complexity index is 768. The number of carbonyl (C=O) groups excluding carboxylic acids is 3. The molecule has 5 unspecified atom stereocenters. The first-order valence-corrected chi connectivity index (χ1v) is 10.1. The molecule has 0 aliphatic heterocycles. The van der Waals surface area contributed by atoms with Crippen molar-refractivity contribution < 1.29 is 29.4 Å². The quantitative estimate of drug-likeness (QED) is 0.262. The molecule has 0 spiro atoms. The second kappa shape index (κ2) is 12.0. The van der Waals surface area contributed by atoms with Gasteiger partial charge in [-0.3, -0.25) is 19.2 Å². The van der Waals surface area contributed by atoms with Crippen molar-refractivity contribution in [2.75, 3.05) is 0 Å². The molecule has 0 aliphatic carbocycles. The molecule has 10 heteroatoms. The van der Waals surface area contributed by atoms with Gasteiger partial charge < -0.3 is 31.9 Å². The third-order valence-electron chi connectivity index (χ3n) is 4.67. The van der Waals surface area contributed by atoms with Gasteiger partial charge in [0.25, 0.3) is 0 Å². The van der Waals surface area contributed by atoms with E-state index in [2.05, 4.69) is 16.0 Å². The van der Waals surface area contributed by atoms with Crippen molar-refractivity contribution in [3.63, 3.8) is 0 Å². The predicted molar refractivity (Wildman–Crippen MR) is 114 cm³/mol. The molecule has 0 radical (unpaired) electrons. The van der Waals surface area contributed by atoms with Gasteiger partial charge in [0.1, 0.15) is 18.1 Å². The van der Waals surface area contributed by atoms with Crippen molar-refractivity contribution in [2.24, 2.45) is 11.7 Å². The third-order valence-corrected chi connectivity index (χ3v) is 4.67. The highest BCUT2D eigenvalue weighted by molar-refractivity contribution is 5.94. The average molecular weight is 437 g/mol. The second-order valence-electron chi connectivity index (χ2n) is 7.82. The summed E-state index contributed by atoms with van der Waals surface area (Å²) in [7, 11) is 0. The summed E-state index contributed by atoms with van der Waals surface area (Å²) < 4.78 is 0. The lowest BCUT2D eigenvalue weighted by atomic mass is 10.0. The van der Waals surface area contributed by atoms with Crippen LogP contribution in [0, 0.1) is 5.92 Å². The highest BCUT2D eigenvalue weighted by atomic mass is 16.4. The van der Waals surface area contributed by atoms with E-state index in [9.17, 15) is 24.3 Å². The summed E-state index contributed by atoms with van der Waals surface area (Å²) in [4.78, 5) is 48.6. The summed E-state index contributed by atoms with van der Waals surface area (Å²) >= 11 is 0. The van der Waals surface area contributed by atoms with Crippen LogP contribution in [0.15, 0.2) is 30.3 Å². The number of carboxylic acids is 1. The Balaban J connectivity index is 2.83. The van der Waals surface area contributed by atoms with Crippen LogP contribution in [-0.2, 0) is 25.6 Å². The number of aliphatic carboxylic acids is 1. The zero-order valence-electron chi connectivity index (χ0n) is 18.2. The van der Waals surface area contributed by atoms with Crippen molar-refractivity contribution in [1.29, 1.82) is 0 Å². The van der Waals surface area contributed by atoms with Gasteiger partial charge in [-0.1, -0.05) is 44.2 Å². The predicted octanol–water partition coefficient (Wildman–Crippen LogP) is -0.848. The van der Waals surface area contributed by atoms with Crippen molar-refractivity contribution >= 4 is 23.7 Å². The molecule has 31 heavy (non-hydrogen) atoms. The number of hydrogen-bond donors (Lipinski definition) is 6. The van der Waals surface area contributed by atoms with E-state index in [-0.39, 0.29) is 12.3 Å². The normalized spacial score (nSPS) is 15.8. The SMILES string of the molecule is CC(NC(=O)C(NC(=O)C(NC(=O)C(N)Cc1ccccc1)C(C)O)C(C)C)C(=O)O. The highest BCUT2D eigenvalue weighted by Crippen LogP contribution is 2.06. The van der Waals surface area contributed by atoms with Gasteiger partial charge in [0.05, 0.1) is 12.1 Å². The Labute approximate surface area is 181 Å². The molecular formula is C21H32N4O6. The number of benzene rings is 1. The highest BCUT2D eigenvalue weighted by Gasteiger charge is 2.33. The number of aliphatic hydroxyl groups is 1. The number of aliphatic hydroxyl groups excluding tert-OH is 1. The topological polar surface area (TPSA) is 171 Å². The van der Waals surface area contributed by atoms with E-state index in [0.29, 0.717) is 0 Å². The Morgan fingerprint density at radius 2 is 1.39 bits per heavy atom. The molecule has 0 fully saturated rings. The Morgan fingerprint density at radius 1 is 0.871 bits per heavy atom. The van der Waals surface area contributed by atoms with Crippen molar-refractivity contribution in [1.82, 2.24) is 16.0 Å². The molecule has 1 rings (SSSR count). The molecule has 0 aromatic heterocycles. The van der Waals surface area contributed by atoms with Crippen LogP contribution in [0.5, 0.6) is 0 Å². The molecule has 0 bridgehead atoms. The van der Waals surface area contributed by atoms with Gasteiger partial charge in [0.2, 0.25) is 17.7 Å². The minimum atomic E-state index is -1.35. The summed E-state index contributed by atoms with van der Waals surface area (Å²) in [6.07, 6.45) is -1.02. The summed E-state index contributed by atoms with van der Waals surface area (Å²) in [6, 6.07) is 4.59. The molecular weight excluding hydrogens is 404 g/mol. The van der Waals surface area contributed by atoms with E-state index in [1.165, 1.54) is 13.8 Å². The molecule has 0 saturated carbocycles. The summed E-state index contributed by atoms with van der Waals surface area (Å²) in [5.41, 5.74) is 6.77. The fourth-order valence-electron chi connectivity index (χ4n) is 2.77. The van der Waals surface area contributed by atoms with Gasteiger partial charge in [-0.15, -0.1) is 0 Å². The van der Waals surface area contributed by atoms with Gasteiger partial charge in [-0.05, 0) is 31.7 Å². The maximum atomic E-state index is 12.7. The monoisotopic (exact) mass is 436 g/mol. The lowest BCUT2D eigenvalue weighted by molar-refractivity contribution is -0.142. The van der Waals surface area contributed by atoms with Gasteiger partial charge >= 0.3 is 5.97 Å². The van der Waals surface area contributed by atoms with Crippen LogP contribution in [0.1, 0.15) is 33.3 Å². The number of nitrogens with one attached hydrogen (secondary N) is 3. The lowest BCUT2D eigenvalue weighted by Crippen LogP contribution is -2.60. The molecule has 0 saturated heterocycles. The number of carboxylic acid groups (broad SMARTS) is 1. The third kappa shape index (κ3) is 8.35. The summed E-state index contributed by atoms with van der Waals surface area (Å²) in [5.74, 6) is -3.70. The minimum absolute atomic E-state index is 0.241. The summed E-state index contributed by atoms with van der Waals surface area (Å²) in [6.45, 7) is 5.96. The molecule has 0 aliphatic rings. The van der Waals surface area contributed by atoms with Gasteiger partial charge in [-0.25, -0.2) is 0 Å². The number of amides is 3. The van der Waals surface area contributed by atoms with Crippen molar-refractivity contribution in [2.45, 2.75) is 64.4 Å². The summed E-state index contributed by atoms with van der Waals surface area (Å²) in [5, 5.41) is 26.2. The minimum Gasteiger partial charge on any atom is -0.480 e. The Hall–Kier alpha value is -2.98. The van der Waals surface area contributed by atoms with E-state index < -0.39 is 54.0 Å². The Morgan fingerprint density at radius 3 is 1.87 bits per heavy atom. The zero-order valence-corrected chi connectivity index (χ0v) is 18.2. The van der Waals surface area contributed by atoms with Crippen LogP contribution < -0.4 is 21.7 Å². The Kier molecular flexibility index (Phi) is 10.1. The molecule has 1 aromatic rings. The maximum absolute atomic E-state index is 12.7. The molecule has 0 heterocycles. The van der Waals surface area contributed by atoms with E-state index in [0.717, 1.165) is 5.56 Å². The van der Waals surface area contributed by atoms with E-state index in [4.69, 9.17) is 10.8 Å². The first kappa shape index (κ1) is 26.1. The van der Waals surface area contributed by atoms with Gasteiger partial charge in [0.15, 0.2) is 0 Å². The number of nitrogens with two attached hydrogens (primary N) is 1. The van der Waals surface area contributed by atoms with Crippen LogP contribution >= 0.6 is 0 Å². The fraction of sp³-hybridized carbons (Fsp3) is 0.524. The molecule has 10 nitrogen and oxygen atoms in total. The first-order chi connectivity index (χ1) is 14.4. The smallest absolute Gasteiger partial charge is 0.325 e. The van der Waals surface area contributed by atoms with Crippen LogP contribution in [0.2, 0.25) is 0 Å². The van der Waals surface area contributed by atoms with Gasteiger partial charge in [0, 0.05) is 0 Å². The van der Waals surface area contributed by atoms with E-state index in [1.54, 1.807) is 13.8 Å². The van der Waals surface area contributed by atoms with Crippen molar-refractivity contribution in [3.8, 4) is 0 Å². The van der Waals surface area contributed by atoms with Crippen LogP contribution in [-0.4, -0.2) is 64.2 Å². The average Bonchev–Trinajstić information content (AvgIpc) is 2.69. The standard InChI is InChI=1S/C21H32N4O6/c1-11(2)16(19(28)23-12(3)21(30)31)24-20(29)17(13(4)26)25-18(27)15(22)10-14-8-6-5-7-9-14/h5-9,11-13,15-17,26H,10,22H2,1-4H3,(H,23,28)(H,24,29)(H,25,27)(H,30,31). The van der Waals surface area contributed by atoms with Crippen molar-refractivity contribution in [3.05, 3.63) is 35.9 Å². The first-order valence-electron chi connectivity index (χ1n) is 10.1. The number of hydrogen-bond acceptors (Lipinski definition) is 6. The van der Waals surface area contributed by atoms with Crippen LogP contribution in [0.3, 0.4) is 0 Å². The van der Waals surface area contributed by atoms with Crippen LogP contribution in [0.25, 0.3) is 0 Å². The van der Waals surface area contributed by atoms with E-state index in [1.807, 2.05) is 30.3 Å². The maximum Gasteiger partial charge on any atom is 0.325 e. The van der Waals surface area contributed by atoms with Gasteiger partial charge in [-0.2, -0.15) is 0 Å². The largest absolute Gasteiger partial charge is 0.480 e. The van der Waals surface area contributed by atoms with E-state index >= 15 is 0 Å². The second-order valence-corrected chi connectivity index (χ2v) is 7.82. The van der Waals surface area contributed by atoms with Crippen LogP contribution in [0.4, 0.5) is 0 Å². The molecule has 3 amide bonds. The molecule has 172 valence electrons. The fourth-order valence-corrected chi connectivity index (χ4v) is 2.77. The lowest BCUT2D eigenvalue weighted by Gasteiger charge is -2.27. The number of rotatable bonds is 11. The molecule has 5 atom stereocenters. The number of carbonyl (C=O) groups is 4. The molecule has 1 aromatic carbocycles. The zero-order chi connectivity index (χ0) is 23.7.